The van der Waals surface area contributed by atoms with E-state index in [0.29, 0.717) is 34.7 Å². The number of nitrogens with zero attached hydrogens (tertiary/aromatic N) is 3. The Hall–Kier alpha value is -2.83. The molecular weight excluding hydrogens is 320 g/mol. The summed E-state index contributed by atoms with van der Waals surface area (Å²) in [4.78, 5) is 23.4. The van der Waals surface area contributed by atoms with E-state index in [1.54, 1.807) is 30.5 Å². The molecule has 7 nitrogen and oxygen atoms in total. The molecule has 1 unspecified atom stereocenters. The van der Waals surface area contributed by atoms with Crippen LogP contribution in [-0.2, 0) is 0 Å². The van der Waals surface area contributed by atoms with E-state index in [4.69, 9.17) is 9.47 Å². The first-order chi connectivity index (χ1) is 12.2. The fraction of sp³-hybridized carbons (Fsp3) is 0.389. The Labute approximate surface area is 146 Å². The molecule has 25 heavy (non-hydrogen) atoms. The van der Waals surface area contributed by atoms with Crippen LogP contribution in [0.5, 0.6) is 11.5 Å². The molecule has 1 aromatic carbocycles. The van der Waals surface area contributed by atoms with E-state index in [0.717, 1.165) is 19.5 Å². The lowest BCUT2D eigenvalue weighted by Crippen LogP contribution is -2.35. The van der Waals surface area contributed by atoms with Crippen molar-refractivity contribution in [2.75, 3.05) is 30.1 Å². The number of ether oxygens (including phenoxy) is 2. The van der Waals surface area contributed by atoms with Crippen molar-refractivity contribution in [1.29, 1.82) is 0 Å². The summed E-state index contributed by atoms with van der Waals surface area (Å²) in [6.07, 6.45) is 3.98. The zero-order chi connectivity index (χ0) is 17.2. The lowest BCUT2D eigenvalue weighted by atomic mass is 10.0. The van der Waals surface area contributed by atoms with E-state index in [1.165, 1.54) is 6.42 Å². The van der Waals surface area contributed by atoms with Crippen molar-refractivity contribution in [1.82, 2.24) is 9.97 Å². The van der Waals surface area contributed by atoms with Crippen LogP contribution in [0.1, 0.15) is 30.3 Å². The molecule has 0 saturated carbocycles. The molecule has 0 aliphatic carbocycles. The van der Waals surface area contributed by atoms with Gasteiger partial charge < -0.3 is 19.7 Å². The van der Waals surface area contributed by atoms with Gasteiger partial charge in [-0.2, -0.15) is 0 Å². The molecule has 4 rings (SSSR count). The van der Waals surface area contributed by atoms with Crippen LogP contribution in [0.15, 0.2) is 30.5 Å². The summed E-state index contributed by atoms with van der Waals surface area (Å²) in [5.41, 5.74) is 0.988. The summed E-state index contributed by atoms with van der Waals surface area (Å²) < 4.78 is 10.6. The lowest BCUT2D eigenvalue weighted by molar-refractivity contribution is 0.102. The van der Waals surface area contributed by atoms with E-state index in [9.17, 15) is 4.79 Å². The van der Waals surface area contributed by atoms with Gasteiger partial charge in [0, 0.05) is 31.0 Å². The maximum absolute atomic E-state index is 12.5. The monoisotopic (exact) mass is 340 g/mol. The van der Waals surface area contributed by atoms with E-state index >= 15 is 0 Å². The number of carbonyl (C=O) groups excluding carboxylic acids is 1. The van der Waals surface area contributed by atoms with Gasteiger partial charge in [-0.05, 0) is 37.0 Å². The first kappa shape index (κ1) is 15.7. The molecule has 2 aliphatic heterocycles. The predicted molar refractivity (Wildman–Crippen MR) is 93.2 cm³/mol. The SMILES string of the molecule is CC1CCCN(c2nccc(C(=O)Nc3ccc4c(c3)OCO4)n2)C1. The summed E-state index contributed by atoms with van der Waals surface area (Å²) in [5.74, 6) is 2.27. The second-order valence-electron chi connectivity index (χ2n) is 6.46. The van der Waals surface area contributed by atoms with Crippen molar-refractivity contribution >= 4 is 17.5 Å². The number of aromatic nitrogens is 2. The number of anilines is 2. The van der Waals surface area contributed by atoms with Gasteiger partial charge in [0.2, 0.25) is 12.7 Å². The zero-order valence-electron chi connectivity index (χ0n) is 14.1. The third-order valence-corrected chi connectivity index (χ3v) is 4.45. The van der Waals surface area contributed by atoms with Gasteiger partial charge in [0.15, 0.2) is 11.5 Å². The van der Waals surface area contributed by atoms with Crippen LogP contribution in [-0.4, -0.2) is 35.8 Å². The summed E-state index contributed by atoms with van der Waals surface area (Å²) in [5, 5.41) is 2.84. The highest BCUT2D eigenvalue weighted by Gasteiger charge is 2.20. The predicted octanol–water partition coefficient (Wildman–Crippen LogP) is 2.69. The van der Waals surface area contributed by atoms with E-state index in [2.05, 4.69) is 27.1 Å². The fourth-order valence-corrected chi connectivity index (χ4v) is 3.17. The second-order valence-corrected chi connectivity index (χ2v) is 6.46. The molecule has 2 aliphatic rings. The molecule has 7 heteroatoms. The van der Waals surface area contributed by atoms with Gasteiger partial charge in [-0.15, -0.1) is 0 Å². The number of benzene rings is 1. The van der Waals surface area contributed by atoms with Crippen LogP contribution in [0.25, 0.3) is 0 Å². The Morgan fingerprint density at radius 3 is 3.04 bits per heavy atom. The van der Waals surface area contributed by atoms with Crippen LogP contribution in [0.4, 0.5) is 11.6 Å². The Morgan fingerprint density at radius 2 is 2.16 bits per heavy atom. The molecule has 2 aromatic rings. The molecular formula is C18H20N4O3. The molecule has 1 saturated heterocycles. The number of fused-ring (bicyclic) bond motifs is 1. The van der Waals surface area contributed by atoms with Gasteiger partial charge in [-0.1, -0.05) is 6.92 Å². The number of rotatable bonds is 3. The maximum Gasteiger partial charge on any atom is 0.274 e. The Bertz CT molecular complexity index is 796. The number of carbonyl (C=O) groups is 1. The summed E-state index contributed by atoms with van der Waals surface area (Å²) in [6, 6.07) is 6.92. The van der Waals surface area contributed by atoms with Crippen LogP contribution in [0, 0.1) is 5.92 Å². The van der Waals surface area contributed by atoms with E-state index in [1.807, 2.05) is 0 Å². The van der Waals surface area contributed by atoms with Crippen molar-refractivity contribution in [2.24, 2.45) is 5.92 Å². The molecule has 1 amide bonds. The van der Waals surface area contributed by atoms with E-state index in [-0.39, 0.29) is 12.7 Å². The summed E-state index contributed by atoms with van der Waals surface area (Å²) in [7, 11) is 0. The van der Waals surface area contributed by atoms with Crippen molar-refractivity contribution in [2.45, 2.75) is 19.8 Å². The smallest absolute Gasteiger partial charge is 0.274 e. The van der Waals surface area contributed by atoms with Crippen LogP contribution in [0.3, 0.4) is 0 Å². The molecule has 130 valence electrons. The zero-order valence-corrected chi connectivity index (χ0v) is 14.1. The highest BCUT2D eigenvalue weighted by Crippen LogP contribution is 2.34. The minimum absolute atomic E-state index is 0.205. The average Bonchev–Trinajstić information content (AvgIpc) is 3.09. The Kier molecular flexibility index (Phi) is 4.13. The van der Waals surface area contributed by atoms with Gasteiger partial charge in [-0.3, -0.25) is 4.79 Å². The average molecular weight is 340 g/mol. The molecule has 1 N–H and O–H groups in total. The van der Waals surface area contributed by atoms with Crippen LogP contribution >= 0.6 is 0 Å². The summed E-state index contributed by atoms with van der Waals surface area (Å²) >= 11 is 0. The number of amides is 1. The van der Waals surface area contributed by atoms with Crippen molar-refractivity contribution in [3.05, 3.63) is 36.2 Å². The minimum atomic E-state index is -0.271. The molecule has 0 spiro atoms. The molecule has 0 bridgehead atoms. The highest BCUT2D eigenvalue weighted by atomic mass is 16.7. The number of nitrogens with one attached hydrogen (secondary N) is 1. The quantitative estimate of drug-likeness (QED) is 0.926. The summed E-state index contributed by atoms with van der Waals surface area (Å²) in [6.45, 7) is 4.28. The molecule has 1 fully saturated rings. The topological polar surface area (TPSA) is 76.6 Å². The van der Waals surface area contributed by atoms with Crippen molar-refractivity contribution in [3.8, 4) is 11.5 Å². The van der Waals surface area contributed by atoms with Gasteiger partial charge in [0.1, 0.15) is 5.69 Å². The van der Waals surface area contributed by atoms with Gasteiger partial charge in [-0.25, -0.2) is 9.97 Å². The van der Waals surface area contributed by atoms with Crippen LogP contribution < -0.4 is 19.7 Å². The van der Waals surface area contributed by atoms with Crippen LogP contribution in [0.2, 0.25) is 0 Å². The third-order valence-electron chi connectivity index (χ3n) is 4.45. The maximum atomic E-state index is 12.5. The normalized spacial score (nSPS) is 18.9. The van der Waals surface area contributed by atoms with Gasteiger partial charge in [0.05, 0.1) is 0 Å². The van der Waals surface area contributed by atoms with Crippen molar-refractivity contribution < 1.29 is 14.3 Å². The molecule has 1 aromatic heterocycles. The number of piperidine rings is 1. The van der Waals surface area contributed by atoms with E-state index < -0.39 is 0 Å². The second kappa shape index (κ2) is 6.58. The molecule has 3 heterocycles. The Balaban J connectivity index is 1.49. The van der Waals surface area contributed by atoms with Gasteiger partial charge in [0.25, 0.3) is 5.91 Å². The lowest BCUT2D eigenvalue weighted by Gasteiger charge is -2.30. The first-order valence-electron chi connectivity index (χ1n) is 8.48. The van der Waals surface area contributed by atoms with Gasteiger partial charge >= 0.3 is 0 Å². The molecule has 0 radical (unpaired) electrons. The Morgan fingerprint density at radius 1 is 1.28 bits per heavy atom. The standard InChI is InChI=1S/C18H20N4O3/c1-12-3-2-8-22(10-12)18-19-7-6-14(21-18)17(23)20-13-4-5-15-16(9-13)25-11-24-15/h4-7,9,12H,2-3,8,10-11H2,1H3,(H,20,23). The number of hydrogen-bond acceptors (Lipinski definition) is 6. The fourth-order valence-electron chi connectivity index (χ4n) is 3.17. The van der Waals surface area contributed by atoms with Crippen molar-refractivity contribution in [3.63, 3.8) is 0 Å². The third kappa shape index (κ3) is 3.35. The molecule has 1 atom stereocenters. The number of hydrogen-bond donors (Lipinski definition) is 1. The minimum Gasteiger partial charge on any atom is -0.454 e. The largest absolute Gasteiger partial charge is 0.454 e. The first-order valence-corrected chi connectivity index (χ1v) is 8.48. The highest BCUT2D eigenvalue weighted by molar-refractivity contribution is 6.03.